The molecule has 0 saturated carbocycles. The lowest BCUT2D eigenvalue weighted by molar-refractivity contribution is -0.142. The van der Waals surface area contributed by atoms with Gasteiger partial charge in [0.25, 0.3) is 0 Å². The van der Waals surface area contributed by atoms with Crippen molar-refractivity contribution >= 4 is 41.3 Å². The molecule has 0 radical (unpaired) electrons. The first kappa shape index (κ1) is 29.3. The molecule has 2 aliphatic heterocycles. The number of ether oxygens (including phenoxy) is 3. The van der Waals surface area contributed by atoms with Crippen LogP contribution in [0.15, 0.2) is 42.0 Å². The van der Waals surface area contributed by atoms with Gasteiger partial charge in [0, 0.05) is 36.4 Å². The van der Waals surface area contributed by atoms with Gasteiger partial charge in [-0.15, -0.1) is 0 Å². The van der Waals surface area contributed by atoms with Crippen LogP contribution in [0.2, 0.25) is 10.0 Å². The average Bonchev–Trinajstić information content (AvgIpc) is 3.65. The standard InChI is InChI=1S/C29H30Cl2N2O8/c1-39-23-10-16(13-35)8-18-24-19(28(37)32-5-6-34)11-22(25(36)27(24)41-26(18)23)33(29(38)17-4-7-40-14-17)12-15-2-3-20(30)21(31)9-15/h2-3,8-11,13,17,22,24-25,27,34,36H,4-7,12,14H2,1H3,(H,32,37)/t17?,22-,24+,25+,27+/m1/s1. The molecule has 2 heterocycles. The normalized spacial score (nSPS) is 24.5. The second-order valence-corrected chi connectivity index (χ2v) is 11.0. The minimum atomic E-state index is -1.26. The van der Waals surface area contributed by atoms with Gasteiger partial charge in [0.2, 0.25) is 11.8 Å². The molecule has 0 spiro atoms. The molecule has 0 aromatic heterocycles. The Morgan fingerprint density at radius 3 is 2.68 bits per heavy atom. The number of nitrogens with one attached hydrogen (secondary N) is 1. The Labute approximate surface area is 246 Å². The lowest BCUT2D eigenvalue weighted by atomic mass is 9.77. The quantitative estimate of drug-likeness (QED) is 0.372. The Morgan fingerprint density at radius 2 is 2.02 bits per heavy atom. The molecule has 1 aliphatic carbocycles. The number of hydrogen-bond donors (Lipinski definition) is 3. The lowest BCUT2D eigenvalue weighted by Crippen LogP contribution is -2.56. The Balaban J connectivity index is 1.61. The average molecular weight is 605 g/mol. The number of rotatable bonds is 9. The minimum Gasteiger partial charge on any atom is -0.493 e. The SMILES string of the molecule is COc1cc(C=O)cc2c1O[C@@H]1[C@@H](O)[C@H](N(Cc3ccc(Cl)c(Cl)c3)C(=O)C3CCOC3)C=C(C(=O)NCCO)[C@H]21. The zero-order valence-corrected chi connectivity index (χ0v) is 23.7. The summed E-state index contributed by atoms with van der Waals surface area (Å²) in [5.41, 5.74) is 1.73. The van der Waals surface area contributed by atoms with E-state index in [1.807, 2.05) is 0 Å². The number of carbonyl (C=O) groups excluding carboxylic acids is 3. The van der Waals surface area contributed by atoms with Crippen molar-refractivity contribution in [1.29, 1.82) is 0 Å². The summed E-state index contributed by atoms with van der Waals surface area (Å²) in [5, 5.41) is 24.5. The van der Waals surface area contributed by atoms with E-state index in [9.17, 15) is 24.6 Å². The first-order chi connectivity index (χ1) is 19.8. The summed E-state index contributed by atoms with van der Waals surface area (Å²) in [6.45, 7) is 0.471. The maximum absolute atomic E-state index is 13.9. The minimum absolute atomic E-state index is 0.00246. The highest BCUT2D eigenvalue weighted by atomic mass is 35.5. The van der Waals surface area contributed by atoms with Gasteiger partial charge in [-0.05, 0) is 42.3 Å². The van der Waals surface area contributed by atoms with Crippen molar-refractivity contribution in [2.45, 2.75) is 37.1 Å². The smallest absolute Gasteiger partial charge is 0.247 e. The predicted molar refractivity (Wildman–Crippen MR) is 149 cm³/mol. The van der Waals surface area contributed by atoms with Crippen molar-refractivity contribution in [3.63, 3.8) is 0 Å². The van der Waals surface area contributed by atoms with Crippen LogP contribution < -0.4 is 14.8 Å². The number of aliphatic hydroxyl groups is 2. The molecule has 3 aliphatic rings. The van der Waals surface area contributed by atoms with Crippen LogP contribution in [0.25, 0.3) is 0 Å². The fourth-order valence-corrected chi connectivity index (χ4v) is 6.01. The van der Waals surface area contributed by atoms with Crippen LogP contribution in [0.4, 0.5) is 0 Å². The van der Waals surface area contributed by atoms with Gasteiger partial charge in [0.1, 0.15) is 18.5 Å². The van der Waals surface area contributed by atoms with Gasteiger partial charge in [-0.25, -0.2) is 0 Å². The van der Waals surface area contributed by atoms with Crippen LogP contribution in [-0.4, -0.2) is 84.9 Å². The molecule has 3 N–H and O–H groups in total. The molecule has 2 aromatic rings. The van der Waals surface area contributed by atoms with Gasteiger partial charge in [-0.3, -0.25) is 14.4 Å². The molecular weight excluding hydrogens is 575 g/mol. The molecule has 1 fully saturated rings. The van der Waals surface area contributed by atoms with E-state index in [4.69, 9.17) is 37.4 Å². The number of aldehydes is 1. The van der Waals surface area contributed by atoms with E-state index in [2.05, 4.69) is 5.32 Å². The third-order valence-corrected chi connectivity index (χ3v) is 8.41. The zero-order chi connectivity index (χ0) is 29.3. The number of benzene rings is 2. The van der Waals surface area contributed by atoms with E-state index in [-0.39, 0.29) is 43.5 Å². The van der Waals surface area contributed by atoms with Crippen LogP contribution in [0, 0.1) is 5.92 Å². The van der Waals surface area contributed by atoms with Gasteiger partial charge in [0.15, 0.2) is 11.5 Å². The fourth-order valence-electron chi connectivity index (χ4n) is 5.69. The zero-order valence-electron chi connectivity index (χ0n) is 22.2. The van der Waals surface area contributed by atoms with E-state index < -0.39 is 36.0 Å². The Hall–Kier alpha value is -3.15. The first-order valence-electron chi connectivity index (χ1n) is 13.2. The summed E-state index contributed by atoms with van der Waals surface area (Å²) in [6, 6.07) is 7.17. The topological polar surface area (TPSA) is 135 Å². The van der Waals surface area contributed by atoms with Gasteiger partial charge < -0.3 is 34.6 Å². The first-order valence-corrected chi connectivity index (χ1v) is 14.0. The highest BCUT2D eigenvalue weighted by Gasteiger charge is 2.52. The summed E-state index contributed by atoms with van der Waals surface area (Å²) in [5.74, 6) is -1.35. The van der Waals surface area contributed by atoms with E-state index in [0.29, 0.717) is 51.8 Å². The van der Waals surface area contributed by atoms with Crippen molar-refractivity contribution < 1.29 is 38.8 Å². The lowest BCUT2D eigenvalue weighted by Gasteiger charge is -2.41. The van der Waals surface area contributed by atoms with Crippen molar-refractivity contribution in [1.82, 2.24) is 10.2 Å². The molecule has 10 nitrogen and oxygen atoms in total. The number of fused-ring (bicyclic) bond motifs is 3. The molecule has 2 amide bonds. The second-order valence-electron chi connectivity index (χ2n) is 10.2. The fraction of sp³-hybridized carbons (Fsp3) is 0.414. The van der Waals surface area contributed by atoms with Crippen LogP contribution in [0.1, 0.15) is 33.8 Å². The van der Waals surface area contributed by atoms with Crippen molar-refractivity contribution in [3.05, 3.63) is 68.7 Å². The highest BCUT2D eigenvalue weighted by Crippen LogP contribution is 2.51. The van der Waals surface area contributed by atoms with Crippen LogP contribution in [0.5, 0.6) is 11.5 Å². The summed E-state index contributed by atoms with van der Waals surface area (Å²) in [6.07, 6.45) is 0.513. The number of hydrogen-bond acceptors (Lipinski definition) is 8. The van der Waals surface area contributed by atoms with E-state index >= 15 is 0 Å². The van der Waals surface area contributed by atoms with E-state index in [0.717, 1.165) is 0 Å². The maximum Gasteiger partial charge on any atom is 0.247 e. The number of nitrogens with zero attached hydrogens (tertiary/aromatic N) is 1. The third kappa shape index (κ3) is 5.67. The van der Waals surface area contributed by atoms with Crippen LogP contribution in [0.3, 0.4) is 0 Å². The molecule has 1 unspecified atom stereocenters. The summed E-state index contributed by atoms with van der Waals surface area (Å²) in [4.78, 5) is 40.6. The Bertz CT molecular complexity index is 1380. The maximum atomic E-state index is 13.9. The van der Waals surface area contributed by atoms with Crippen molar-refractivity contribution in [2.24, 2.45) is 5.92 Å². The van der Waals surface area contributed by atoms with E-state index in [1.54, 1.807) is 30.3 Å². The number of halogens is 2. The van der Waals surface area contributed by atoms with Gasteiger partial charge >= 0.3 is 0 Å². The summed E-state index contributed by atoms with van der Waals surface area (Å²) in [7, 11) is 1.43. The van der Waals surface area contributed by atoms with Gasteiger partial charge in [-0.1, -0.05) is 29.3 Å². The summed E-state index contributed by atoms with van der Waals surface area (Å²) < 4.78 is 17.2. The molecule has 5 atom stereocenters. The number of methoxy groups -OCH3 is 1. The largest absolute Gasteiger partial charge is 0.493 e. The number of carbonyl (C=O) groups is 3. The van der Waals surface area contributed by atoms with Crippen LogP contribution in [-0.2, 0) is 20.9 Å². The summed E-state index contributed by atoms with van der Waals surface area (Å²) >= 11 is 12.4. The molecular formula is C29H30Cl2N2O8. The molecule has 12 heteroatoms. The van der Waals surface area contributed by atoms with Crippen LogP contribution >= 0.6 is 23.2 Å². The monoisotopic (exact) mass is 604 g/mol. The second kappa shape index (κ2) is 12.4. The van der Waals surface area contributed by atoms with Gasteiger partial charge in [-0.2, -0.15) is 0 Å². The Kier molecular flexibility index (Phi) is 8.86. The molecule has 2 aromatic carbocycles. The predicted octanol–water partition coefficient (Wildman–Crippen LogP) is 2.50. The third-order valence-electron chi connectivity index (χ3n) is 7.67. The molecule has 218 valence electrons. The molecule has 5 rings (SSSR count). The molecule has 0 bridgehead atoms. The number of amides is 2. The van der Waals surface area contributed by atoms with Gasteiger partial charge in [0.05, 0.1) is 48.2 Å². The van der Waals surface area contributed by atoms with Crippen molar-refractivity contribution in [2.75, 3.05) is 33.5 Å². The highest BCUT2D eigenvalue weighted by molar-refractivity contribution is 6.42. The van der Waals surface area contributed by atoms with E-state index in [1.165, 1.54) is 18.1 Å². The van der Waals surface area contributed by atoms with Crippen molar-refractivity contribution in [3.8, 4) is 11.5 Å². The number of aliphatic hydroxyl groups excluding tert-OH is 2. The Morgan fingerprint density at radius 1 is 1.22 bits per heavy atom. The molecule has 1 saturated heterocycles. The molecule has 41 heavy (non-hydrogen) atoms.